The predicted molar refractivity (Wildman–Crippen MR) is 125 cm³/mol. The summed E-state index contributed by atoms with van der Waals surface area (Å²) in [6.07, 6.45) is 1.29. The van der Waals surface area contributed by atoms with Gasteiger partial charge in [-0.3, -0.25) is 10.1 Å². The molecule has 4 aromatic rings. The molecular formula is C22H17Cl2N5O2. The molecule has 0 saturated heterocycles. The number of fused-ring (bicyclic) bond motifs is 1. The monoisotopic (exact) mass is 453 g/mol. The first-order chi connectivity index (χ1) is 15.0. The Balaban J connectivity index is 1.85. The molecule has 1 aromatic heterocycles. The van der Waals surface area contributed by atoms with Crippen molar-refractivity contribution < 1.29 is 4.92 Å². The van der Waals surface area contributed by atoms with Gasteiger partial charge in [0.15, 0.2) is 0 Å². The second kappa shape index (κ2) is 8.75. The van der Waals surface area contributed by atoms with Crippen LogP contribution in [0.25, 0.3) is 10.8 Å². The quantitative estimate of drug-likeness (QED) is 0.256. The maximum Gasteiger partial charge on any atom is 0.354 e. The van der Waals surface area contributed by atoms with Crippen LogP contribution in [0.4, 0.5) is 28.7 Å². The number of nitro groups is 1. The number of hydrogen-bond acceptors (Lipinski definition) is 6. The minimum Gasteiger partial charge on any atom is -0.333 e. The van der Waals surface area contributed by atoms with Gasteiger partial charge < -0.3 is 10.2 Å². The zero-order valence-electron chi connectivity index (χ0n) is 16.4. The Morgan fingerprint density at radius 2 is 1.84 bits per heavy atom. The molecule has 0 fully saturated rings. The van der Waals surface area contributed by atoms with Crippen LogP contribution in [0.2, 0.25) is 10.0 Å². The molecule has 0 atom stereocenters. The molecule has 0 amide bonds. The maximum atomic E-state index is 12.1. The number of nitrogens with zero attached hydrogens (tertiary/aromatic N) is 4. The highest BCUT2D eigenvalue weighted by atomic mass is 35.5. The number of nitrogens with one attached hydrogen (secondary N) is 1. The molecule has 9 heteroatoms. The average Bonchev–Trinajstić information content (AvgIpc) is 2.76. The van der Waals surface area contributed by atoms with E-state index in [1.165, 1.54) is 6.33 Å². The van der Waals surface area contributed by atoms with E-state index >= 15 is 0 Å². The van der Waals surface area contributed by atoms with Crippen molar-refractivity contribution >= 4 is 62.7 Å². The largest absolute Gasteiger partial charge is 0.354 e. The summed E-state index contributed by atoms with van der Waals surface area (Å²) >= 11 is 12.2. The second-order valence-corrected chi connectivity index (χ2v) is 7.49. The van der Waals surface area contributed by atoms with Crippen LogP contribution in [0.3, 0.4) is 0 Å². The van der Waals surface area contributed by atoms with E-state index in [0.29, 0.717) is 22.3 Å². The van der Waals surface area contributed by atoms with Gasteiger partial charge in [-0.1, -0.05) is 59.6 Å². The molecule has 1 N–H and O–H groups in total. The lowest BCUT2D eigenvalue weighted by Crippen LogP contribution is -2.20. The molecule has 0 unspecified atom stereocenters. The summed E-state index contributed by atoms with van der Waals surface area (Å²) < 4.78 is 0. The van der Waals surface area contributed by atoms with Gasteiger partial charge >= 0.3 is 5.69 Å². The topological polar surface area (TPSA) is 84.2 Å². The van der Waals surface area contributed by atoms with Gasteiger partial charge in [0.25, 0.3) is 0 Å². The van der Waals surface area contributed by atoms with Gasteiger partial charge in [-0.2, -0.15) is 0 Å². The zero-order chi connectivity index (χ0) is 22.0. The van der Waals surface area contributed by atoms with Gasteiger partial charge in [0, 0.05) is 17.0 Å². The van der Waals surface area contributed by atoms with Crippen molar-refractivity contribution in [1.82, 2.24) is 9.97 Å². The van der Waals surface area contributed by atoms with Gasteiger partial charge in [0.1, 0.15) is 6.33 Å². The van der Waals surface area contributed by atoms with Gasteiger partial charge in [0.05, 0.1) is 21.3 Å². The van der Waals surface area contributed by atoms with Gasteiger partial charge in [0.2, 0.25) is 11.6 Å². The molecule has 7 nitrogen and oxygen atoms in total. The number of rotatable bonds is 6. The van der Waals surface area contributed by atoms with Gasteiger partial charge in [-0.25, -0.2) is 9.97 Å². The third-order valence-corrected chi connectivity index (χ3v) is 5.35. The summed E-state index contributed by atoms with van der Waals surface area (Å²) in [5.74, 6) is 0.226. The molecule has 3 aromatic carbocycles. The van der Waals surface area contributed by atoms with Crippen molar-refractivity contribution in [2.75, 3.05) is 16.8 Å². The molecule has 156 valence electrons. The molecule has 0 aliphatic carbocycles. The Morgan fingerprint density at radius 1 is 1.06 bits per heavy atom. The van der Waals surface area contributed by atoms with E-state index in [9.17, 15) is 10.1 Å². The molecule has 0 bridgehead atoms. The van der Waals surface area contributed by atoms with E-state index in [1.807, 2.05) is 49.4 Å². The second-order valence-electron chi connectivity index (χ2n) is 6.64. The molecule has 0 saturated carbocycles. The van der Waals surface area contributed by atoms with E-state index in [4.69, 9.17) is 23.2 Å². The van der Waals surface area contributed by atoms with Crippen molar-refractivity contribution in [3.05, 3.63) is 87.2 Å². The Kier molecular flexibility index (Phi) is 5.88. The normalized spacial score (nSPS) is 10.8. The first-order valence-electron chi connectivity index (χ1n) is 9.46. The smallest absolute Gasteiger partial charge is 0.333 e. The van der Waals surface area contributed by atoms with E-state index in [1.54, 1.807) is 23.1 Å². The lowest BCUT2D eigenvalue weighted by molar-refractivity contribution is -0.383. The molecule has 0 radical (unpaired) electrons. The van der Waals surface area contributed by atoms with Crippen molar-refractivity contribution in [2.24, 2.45) is 0 Å². The SMILES string of the molecule is CCN(c1ncnc(Nc2ccc(Cl)cc2Cl)c1[N+](=O)[O-])c1cccc2ccccc12. The highest BCUT2D eigenvalue weighted by Crippen LogP contribution is 2.40. The first kappa shape index (κ1) is 20.8. The standard InChI is InChI=1S/C22H17Cl2N5O2/c1-2-28(19-9-5-7-14-6-3-4-8-16(14)19)22-20(29(30)31)21(25-13-26-22)27-18-11-10-15(23)12-17(18)24/h3-13H,2H2,1H3,(H,25,26,27). The predicted octanol–water partition coefficient (Wildman–Crippen LogP) is 6.75. The molecule has 31 heavy (non-hydrogen) atoms. The van der Waals surface area contributed by atoms with E-state index < -0.39 is 4.92 Å². The number of halogens is 2. The molecule has 0 aliphatic rings. The number of benzene rings is 3. The lowest BCUT2D eigenvalue weighted by Gasteiger charge is -2.24. The van der Waals surface area contributed by atoms with Gasteiger partial charge in [-0.15, -0.1) is 0 Å². The Hall–Kier alpha value is -3.42. The first-order valence-corrected chi connectivity index (χ1v) is 10.2. The van der Waals surface area contributed by atoms with Crippen LogP contribution in [-0.2, 0) is 0 Å². The fraction of sp³-hybridized carbons (Fsp3) is 0.0909. The third-order valence-electron chi connectivity index (χ3n) is 4.80. The van der Waals surface area contributed by atoms with Crippen LogP contribution in [0.15, 0.2) is 67.0 Å². The van der Waals surface area contributed by atoms with Crippen LogP contribution < -0.4 is 10.2 Å². The average molecular weight is 454 g/mol. The molecule has 1 heterocycles. The minimum atomic E-state index is -0.491. The molecule has 0 aliphatic heterocycles. The van der Waals surface area contributed by atoms with Crippen LogP contribution >= 0.6 is 23.2 Å². The highest BCUT2D eigenvalue weighted by molar-refractivity contribution is 6.36. The summed E-state index contributed by atoms with van der Waals surface area (Å²) in [7, 11) is 0. The van der Waals surface area contributed by atoms with Crippen LogP contribution in [0, 0.1) is 10.1 Å². The van der Waals surface area contributed by atoms with Gasteiger partial charge in [-0.05, 0) is 36.6 Å². The van der Waals surface area contributed by atoms with Crippen LogP contribution in [0.1, 0.15) is 6.92 Å². The fourth-order valence-corrected chi connectivity index (χ4v) is 3.88. The minimum absolute atomic E-state index is 0.0397. The summed E-state index contributed by atoms with van der Waals surface area (Å²) in [6.45, 7) is 2.38. The molecule has 4 rings (SSSR count). The number of aromatic nitrogens is 2. The number of hydrogen-bond donors (Lipinski definition) is 1. The van der Waals surface area contributed by atoms with Crippen LogP contribution in [-0.4, -0.2) is 21.4 Å². The Labute approximate surface area is 188 Å². The van der Waals surface area contributed by atoms with Crippen LogP contribution in [0.5, 0.6) is 0 Å². The maximum absolute atomic E-state index is 12.1. The lowest BCUT2D eigenvalue weighted by atomic mass is 10.1. The Bertz CT molecular complexity index is 1280. The summed E-state index contributed by atoms with van der Waals surface area (Å²) in [4.78, 5) is 21.8. The summed E-state index contributed by atoms with van der Waals surface area (Å²) in [5, 5.41) is 17.8. The third kappa shape index (κ3) is 4.10. The van der Waals surface area contributed by atoms with E-state index in [0.717, 1.165) is 16.5 Å². The molecule has 0 spiro atoms. The van der Waals surface area contributed by atoms with Crippen molar-refractivity contribution in [1.29, 1.82) is 0 Å². The van der Waals surface area contributed by atoms with Crippen molar-refractivity contribution in [2.45, 2.75) is 6.92 Å². The summed E-state index contributed by atoms with van der Waals surface area (Å²) in [6, 6.07) is 18.5. The highest BCUT2D eigenvalue weighted by Gasteiger charge is 2.28. The zero-order valence-corrected chi connectivity index (χ0v) is 17.9. The Morgan fingerprint density at radius 3 is 2.58 bits per heavy atom. The summed E-state index contributed by atoms with van der Waals surface area (Å²) in [5.41, 5.74) is 1.02. The number of anilines is 4. The fourth-order valence-electron chi connectivity index (χ4n) is 3.42. The molecular weight excluding hydrogens is 437 g/mol. The van der Waals surface area contributed by atoms with E-state index in [2.05, 4.69) is 15.3 Å². The van der Waals surface area contributed by atoms with Crippen molar-refractivity contribution in [3.8, 4) is 0 Å². The van der Waals surface area contributed by atoms with Crippen molar-refractivity contribution in [3.63, 3.8) is 0 Å². The van der Waals surface area contributed by atoms with E-state index in [-0.39, 0.29) is 17.3 Å².